The van der Waals surface area contributed by atoms with E-state index in [0.29, 0.717) is 37.6 Å². The molecule has 11 heteroatoms. The molecule has 2 heterocycles. The third-order valence-electron chi connectivity index (χ3n) is 10.6. The van der Waals surface area contributed by atoms with Crippen molar-refractivity contribution < 1.29 is 28.7 Å². The molecule has 0 aromatic heterocycles. The van der Waals surface area contributed by atoms with E-state index in [4.69, 9.17) is 11.6 Å². The summed E-state index contributed by atoms with van der Waals surface area (Å²) in [6.45, 7) is 0. The first kappa shape index (κ1) is 31.5. The number of carbonyl (C=O) groups excluding carboxylic acids is 4. The zero-order valence-corrected chi connectivity index (χ0v) is 28.1. The molecule has 2 N–H and O–H groups in total. The molecule has 2 aliphatic carbocycles. The van der Waals surface area contributed by atoms with Crippen LogP contribution >= 0.6 is 27.5 Å². The summed E-state index contributed by atoms with van der Waals surface area (Å²) in [5, 5.41) is 12.9. The molecular formula is C38H28BrClFN3O5. The molecule has 4 aliphatic rings. The second-order valence-corrected chi connectivity index (χ2v) is 14.3. The first-order valence-corrected chi connectivity index (χ1v) is 17.1. The third-order valence-corrected chi connectivity index (χ3v) is 11.3. The second kappa shape index (κ2) is 11.7. The Kier molecular flexibility index (Phi) is 7.49. The van der Waals surface area contributed by atoms with Crippen LogP contribution in [0.5, 0.6) is 5.75 Å². The Balaban J connectivity index is 1.34. The number of allylic oxidation sites excluding steroid dienone is 2. The van der Waals surface area contributed by atoms with Gasteiger partial charge in [-0.25, -0.2) is 4.39 Å². The predicted molar refractivity (Wildman–Crippen MR) is 184 cm³/mol. The average molecular weight is 741 g/mol. The monoisotopic (exact) mass is 739 g/mol. The number of hydrazine groups is 1. The molecule has 4 aromatic rings. The zero-order chi connectivity index (χ0) is 34.2. The lowest BCUT2D eigenvalue weighted by molar-refractivity contribution is -0.138. The number of carbonyl (C=O) groups is 4. The SMILES string of the molecule is O=C1[C@@H]2C[C@@H]3C(=CC[C@@H]4C(=O)N(c5ccccc5)C(=O)[C@@H]43)[C@H](c3cc(Br)ccc3O)[C@]2(c2ccc(Cl)cc2)C(=O)N1Nc1ccc(F)cc1. The molecule has 4 aromatic carbocycles. The van der Waals surface area contributed by atoms with Crippen LogP contribution in [0.4, 0.5) is 15.8 Å². The molecule has 2 saturated heterocycles. The molecule has 49 heavy (non-hydrogen) atoms. The second-order valence-electron chi connectivity index (χ2n) is 12.9. The van der Waals surface area contributed by atoms with E-state index in [1.807, 2.05) is 12.1 Å². The van der Waals surface area contributed by atoms with Gasteiger partial charge in [0.05, 0.1) is 34.5 Å². The maximum Gasteiger partial charge on any atom is 0.260 e. The Morgan fingerprint density at radius 2 is 1.57 bits per heavy atom. The fourth-order valence-electron chi connectivity index (χ4n) is 8.59. The summed E-state index contributed by atoms with van der Waals surface area (Å²) in [6, 6.07) is 25.8. The molecule has 8 rings (SSSR count). The Bertz CT molecular complexity index is 2080. The van der Waals surface area contributed by atoms with Crippen molar-refractivity contribution in [1.29, 1.82) is 0 Å². The number of phenols is 1. The standard InChI is InChI=1S/C38H28BrClFN3O5/c39-21-8-17-31(45)29(18-21)33-26-15-16-27-32(36(48)43(34(27)46)25-4-2-1-3-5-25)28(26)19-30-35(47)44(42-24-13-11-23(41)12-14-24)37(49)38(30,33)20-6-9-22(40)10-7-20/h1-15,17-18,27-28,30,32-33,42,45H,16,19H2/t27-,28+,30-,32-,33+,38+/m0/s1. The summed E-state index contributed by atoms with van der Waals surface area (Å²) < 4.78 is 14.5. The van der Waals surface area contributed by atoms with Crippen LogP contribution in [0.1, 0.15) is 29.9 Å². The number of benzene rings is 4. The highest BCUT2D eigenvalue weighted by Crippen LogP contribution is 2.65. The van der Waals surface area contributed by atoms with Gasteiger partial charge < -0.3 is 5.11 Å². The van der Waals surface area contributed by atoms with Gasteiger partial charge in [-0.3, -0.25) is 29.5 Å². The maximum absolute atomic E-state index is 15.2. The Labute approximate surface area is 294 Å². The summed E-state index contributed by atoms with van der Waals surface area (Å²) in [4.78, 5) is 59.3. The van der Waals surface area contributed by atoms with E-state index in [2.05, 4.69) is 21.4 Å². The highest BCUT2D eigenvalue weighted by Gasteiger charge is 2.70. The number of nitrogens with zero attached hydrogens (tertiary/aromatic N) is 2. The number of imide groups is 2. The van der Waals surface area contributed by atoms with Gasteiger partial charge in [0.2, 0.25) is 11.8 Å². The lowest BCUT2D eigenvalue weighted by Gasteiger charge is -2.50. The zero-order valence-electron chi connectivity index (χ0n) is 25.7. The first-order valence-electron chi connectivity index (χ1n) is 15.9. The van der Waals surface area contributed by atoms with Crippen molar-refractivity contribution >= 4 is 62.5 Å². The van der Waals surface area contributed by atoms with Gasteiger partial charge in [-0.05, 0) is 91.1 Å². The van der Waals surface area contributed by atoms with Crippen LogP contribution in [-0.4, -0.2) is 33.7 Å². The summed E-state index contributed by atoms with van der Waals surface area (Å²) in [6.07, 6.45) is 2.27. The Morgan fingerprint density at radius 3 is 2.29 bits per heavy atom. The normalized spacial score (nSPS) is 27.5. The quantitative estimate of drug-likeness (QED) is 0.167. The number of phenolic OH excluding ortho intramolecular Hbond substituents is 1. The van der Waals surface area contributed by atoms with Gasteiger partial charge in [0.1, 0.15) is 11.6 Å². The molecule has 0 radical (unpaired) electrons. The minimum atomic E-state index is -1.59. The number of para-hydroxylation sites is 1. The number of rotatable bonds is 5. The number of hydrogen-bond donors (Lipinski definition) is 2. The molecular weight excluding hydrogens is 713 g/mol. The number of amides is 4. The minimum Gasteiger partial charge on any atom is -0.508 e. The van der Waals surface area contributed by atoms with E-state index < -0.39 is 52.6 Å². The van der Waals surface area contributed by atoms with Crippen molar-refractivity contribution in [3.8, 4) is 5.75 Å². The third kappa shape index (κ3) is 4.68. The number of nitrogens with one attached hydrogen (secondary N) is 1. The van der Waals surface area contributed by atoms with Crippen LogP contribution in [0.3, 0.4) is 0 Å². The molecule has 2 aliphatic heterocycles. The number of fused-ring (bicyclic) bond motifs is 4. The fourth-order valence-corrected chi connectivity index (χ4v) is 9.09. The summed E-state index contributed by atoms with van der Waals surface area (Å²) in [7, 11) is 0. The van der Waals surface area contributed by atoms with Crippen LogP contribution in [0.25, 0.3) is 0 Å². The van der Waals surface area contributed by atoms with Crippen LogP contribution in [0.2, 0.25) is 5.02 Å². The highest BCUT2D eigenvalue weighted by molar-refractivity contribution is 9.10. The van der Waals surface area contributed by atoms with Gasteiger partial charge in [0, 0.05) is 21.0 Å². The van der Waals surface area contributed by atoms with E-state index in [1.165, 1.54) is 35.2 Å². The molecule has 6 atom stereocenters. The smallest absolute Gasteiger partial charge is 0.260 e. The molecule has 0 spiro atoms. The summed E-state index contributed by atoms with van der Waals surface area (Å²) in [5.41, 5.74) is 3.74. The van der Waals surface area contributed by atoms with Gasteiger partial charge >= 0.3 is 0 Å². The van der Waals surface area contributed by atoms with Crippen molar-refractivity contribution in [2.75, 3.05) is 10.3 Å². The van der Waals surface area contributed by atoms with Gasteiger partial charge in [-0.2, -0.15) is 5.01 Å². The minimum absolute atomic E-state index is 0.0890. The molecule has 4 amide bonds. The molecule has 246 valence electrons. The van der Waals surface area contributed by atoms with E-state index >= 15 is 4.79 Å². The lowest BCUT2D eigenvalue weighted by Crippen LogP contribution is -2.53. The number of anilines is 2. The molecule has 3 fully saturated rings. The topological polar surface area (TPSA) is 107 Å². The maximum atomic E-state index is 15.2. The van der Waals surface area contributed by atoms with Crippen molar-refractivity contribution in [2.45, 2.75) is 24.2 Å². The summed E-state index contributed by atoms with van der Waals surface area (Å²) in [5.74, 6) is -6.31. The molecule has 0 unspecified atom stereocenters. The van der Waals surface area contributed by atoms with Crippen molar-refractivity contribution in [3.05, 3.63) is 135 Å². The van der Waals surface area contributed by atoms with Crippen molar-refractivity contribution in [1.82, 2.24) is 5.01 Å². The van der Waals surface area contributed by atoms with E-state index in [-0.39, 0.29) is 30.4 Å². The van der Waals surface area contributed by atoms with E-state index in [0.717, 1.165) is 5.01 Å². The van der Waals surface area contributed by atoms with Crippen LogP contribution in [0, 0.1) is 29.5 Å². The molecule has 1 saturated carbocycles. The fraction of sp³-hybridized carbons (Fsp3) is 0.211. The highest BCUT2D eigenvalue weighted by atomic mass is 79.9. The predicted octanol–water partition coefficient (Wildman–Crippen LogP) is 7.14. The Hall–Kier alpha value is -4.80. The number of halogens is 3. The molecule has 8 nitrogen and oxygen atoms in total. The van der Waals surface area contributed by atoms with E-state index in [9.17, 15) is 23.9 Å². The largest absolute Gasteiger partial charge is 0.508 e. The van der Waals surface area contributed by atoms with Crippen LogP contribution in [-0.2, 0) is 24.6 Å². The van der Waals surface area contributed by atoms with Gasteiger partial charge in [0.15, 0.2) is 0 Å². The Morgan fingerprint density at radius 1 is 0.857 bits per heavy atom. The summed E-state index contributed by atoms with van der Waals surface area (Å²) >= 11 is 9.87. The first-order chi connectivity index (χ1) is 23.6. The lowest BCUT2D eigenvalue weighted by atomic mass is 9.49. The van der Waals surface area contributed by atoms with Crippen molar-refractivity contribution in [2.24, 2.45) is 23.7 Å². The average Bonchev–Trinajstić information content (AvgIpc) is 3.48. The van der Waals surface area contributed by atoms with Crippen molar-refractivity contribution in [3.63, 3.8) is 0 Å². The molecule has 0 bridgehead atoms. The van der Waals surface area contributed by atoms with Crippen LogP contribution < -0.4 is 10.3 Å². The van der Waals surface area contributed by atoms with Gasteiger partial charge in [0.25, 0.3) is 11.8 Å². The van der Waals surface area contributed by atoms with Gasteiger partial charge in [-0.15, -0.1) is 0 Å². The van der Waals surface area contributed by atoms with Crippen LogP contribution in [0.15, 0.2) is 113 Å². The van der Waals surface area contributed by atoms with Gasteiger partial charge in [-0.1, -0.05) is 69.5 Å². The number of aromatic hydroxyl groups is 1. The van der Waals surface area contributed by atoms with E-state index in [1.54, 1.807) is 60.7 Å². The number of hydrogen-bond acceptors (Lipinski definition) is 6.